The molecule has 0 spiro atoms. The number of anilines is 2. The Morgan fingerprint density at radius 1 is 1.19 bits per heavy atom. The van der Waals surface area contributed by atoms with E-state index in [1.807, 2.05) is 41.1 Å². The van der Waals surface area contributed by atoms with E-state index < -0.39 is 0 Å². The number of carbonyl (C=O) groups excluding carboxylic acids is 2. The number of aryl methyl sites for hydroxylation is 1. The van der Waals surface area contributed by atoms with Crippen LogP contribution >= 0.6 is 23.1 Å². The maximum absolute atomic E-state index is 11.3. The minimum absolute atomic E-state index is 0.124. The predicted molar refractivity (Wildman–Crippen MR) is 106 cm³/mol. The van der Waals surface area contributed by atoms with Crippen LogP contribution in [-0.2, 0) is 15.3 Å². The van der Waals surface area contributed by atoms with Crippen LogP contribution in [0.1, 0.15) is 25.4 Å². The summed E-state index contributed by atoms with van der Waals surface area (Å²) in [6, 6.07) is 7.51. The molecule has 0 unspecified atom stereocenters. The topological polar surface area (TPSA) is 102 Å². The van der Waals surface area contributed by atoms with Crippen molar-refractivity contribution in [3.8, 4) is 5.69 Å². The van der Waals surface area contributed by atoms with Gasteiger partial charge in [-0.2, -0.15) is 0 Å². The van der Waals surface area contributed by atoms with Gasteiger partial charge in [0.2, 0.25) is 11.8 Å². The highest BCUT2D eigenvalue weighted by Gasteiger charge is 2.13. The largest absolute Gasteiger partial charge is 0.326 e. The second-order valence-electron chi connectivity index (χ2n) is 5.71. The molecule has 2 heterocycles. The fraction of sp³-hybridized carbons (Fsp3) is 0.235. The van der Waals surface area contributed by atoms with Crippen molar-refractivity contribution in [2.45, 2.75) is 31.7 Å². The first-order valence-electron chi connectivity index (χ1n) is 8.07. The molecule has 2 N–H and O–H groups in total. The molecule has 140 valence electrons. The number of thioether (sulfide) groups is 1. The first kappa shape index (κ1) is 19.1. The summed E-state index contributed by atoms with van der Waals surface area (Å²) in [7, 11) is 0. The van der Waals surface area contributed by atoms with E-state index in [2.05, 4.69) is 25.8 Å². The lowest BCUT2D eigenvalue weighted by atomic mass is 10.2. The number of hydrogen-bond donors (Lipinski definition) is 2. The van der Waals surface area contributed by atoms with Crippen molar-refractivity contribution in [3.05, 3.63) is 41.2 Å². The van der Waals surface area contributed by atoms with Gasteiger partial charge in [0.05, 0.1) is 11.4 Å². The quantitative estimate of drug-likeness (QED) is 0.614. The van der Waals surface area contributed by atoms with E-state index in [0.717, 1.165) is 22.4 Å². The van der Waals surface area contributed by atoms with Crippen LogP contribution in [0.2, 0.25) is 0 Å². The Morgan fingerprint density at radius 2 is 1.96 bits per heavy atom. The van der Waals surface area contributed by atoms with E-state index >= 15 is 0 Å². The third-order valence-electron chi connectivity index (χ3n) is 3.40. The van der Waals surface area contributed by atoms with Gasteiger partial charge in [-0.05, 0) is 25.1 Å². The first-order valence-corrected chi connectivity index (χ1v) is 9.93. The van der Waals surface area contributed by atoms with Crippen LogP contribution in [0.5, 0.6) is 0 Å². The second-order valence-corrected chi connectivity index (χ2v) is 7.51. The van der Waals surface area contributed by atoms with Gasteiger partial charge in [-0.15, -0.1) is 21.5 Å². The molecule has 0 radical (unpaired) electrons. The third kappa shape index (κ3) is 4.92. The molecule has 10 heteroatoms. The molecule has 0 saturated heterocycles. The number of nitrogens with one attached hydrogen (secondary N) is 2. The number of carbonyl (C=O) groups is 2. The normalized spacial score (nSPS) is 10.6. The minimum Gasteiger partial charge on any atom is -0.326 e. The van der Waals surface area contributed by atoms with Crippen LogP contribution in [0.15, 0.2) is 34.8 Å². The lowest BCUT2D eigenvalue weighted by Gasteiger charge is -2.10. The molecule has 2 aromatic heterocycles. The standard InChI is InChI=1S/C17H18N6O2S2/c1-10-21-22-17(27-9-14-8-26-16(20-14)19-12(3)25)23(10)15-6-4-5-13(7-15)18-11(2)24/h4-8H,9H2,1-3H3,(H,18,24)(H,19,20,25). The molecule has 27 heavy (non-hydrogen) atoms. The average molecular weight is 403 g/mol. The highest BCUT2D eigenvalue weighted by molar-refractivity contribution is 7.98. The molecule has 0 saturated carbocycles. The van der Waals surface area contributed by atoms with Crippen molar-refractivity contribution >= 4 is 45.7 Å². The summed E-state index contributed by atoms with van der Waals surface area (Å²) in [5.74, 6) is 1.08. The van der Waals surface area contributed by atoms with Crippen molar-refractivity contribution in [2.24, 2.45) is 0 Å². The Labute approximate surface area is 164 Å². The number of nitrogens with zero attached hydrogens (tertiary/aromatic N) is 4. The van der Waals surface area contributed by atoms with Gasteiger partial charge in [-0.25, -0.2) is 4.98 Å². The van der Waals surface area contributed by atoms with Gasteiger partial charge in [0.15, 0.2) is 10.3 Å². The van der Waals surface area contributed by atoms with E-state index in [0.29, 0.717) is 16.6 Å². The van der Waals surface area contributed by atoms with E-state index in [1.165, 1.54) is 36.9 Å². The zero-order valence-corrected chi connectivity index (χ0v) is 16.6. The van der Waals surface area contributed by atoms with Gasteiger partial charge in [0, 0.05) is 30.7 Å². The monoisotopic (exact) mass is 402 g/mol. The molecule has 0 aliphatic rings. The van der Waals surface area contributed by atoms with Crippen LogP contribution in [-0.4, -0.2) is 31.6 Å². The Hall–Kier alpha value is -2.72. The van der Waals surface area contributed by atoms with Gasteiger partial charge >= 0.3 is 0 Å². The second kappa shape index (κ2) is 8.31. The molecule has 0 atom stereocenters. The predicted octanol–water partition coefficient (Wildman–Crippen LogP) is 3.24. The number of hydrogen-bond acceptors (Lipinski definition) is 7. The van der Waals surface area contributed by atoms with Crippen LogP contribution in [0.25, 0.3) is 5.69 Å². The van der Waals surface area contributed by atoms with E-state index in [9.17, 15) is 9.59 Å². The summed E-state index contributed by atoms with van der Waals surface area (Å²) < 4.78 is 1.93. The number of benzene rings is 1. The van der Waals surface area contributed by atoms with Gasteiger partial charge in [0.1, 0.15) is 5.82 Å². The fourth-order valence-corrected chi connectivity index (χ4v) is 4.13. The van der Waals surface area contributed by atoms with Crippen LogP contribution in [0.3, 0.4) is 0 Å². The van der Waals surface area contributed by atoms with Gasteiger partial charge in [-0.3, -0.25) is 14.2 Å². The van der Waals surface area contributed by atoms with Crippen molar-refractivity contribution in [1.82, 2.24) is 19.7 Å². The summed E-state index contributed by atoms with van der Waals surface area (Å²) >= 11 is 2.89. The highest BCUT2D eigenvalue weighted by atomic mass is 32.2. The Balaban J connectivity index is 1.78. The molecular weight excluding hydrogens is 384 g/mol. The van der Waals surface area contributed by atoms with Crippen LogP contribution in [0, 0.1) is 6.92 Å². The highest BCUT2D eigenvalue weighted by Crippen LogP contribution is 2.27. The summed E-state index contributed by atoms with van der Waals surface area (Å²) in [6.07, 6.45) is 0. The van der Waals surface area contributed by atoms with Crippen molar-refractivity contribution < 1.29 is 9.59 Å². The average Bonchev–Trinajstić information content (AvgIpc) is 3.18. The number of aromatic nitrogens is 4. The van der Waals surface area contributed by atoms with Gasteiger partial charge < -0.3 is 10.6 Å². The smallest absolute Gasteiger partial charge is 0.223 e. The first-order chi connectivity index (χ1) is 12.9. The minimum atomic E-state index is -0.141. The molecule has 0 bridgehead atoms. The third-order valence-corrected chi connectivity index (χ3v) is 5.17. The van der Waals surface area contributed by atoms with E-state index in [1.54, 1.807) is 0 Å². The van der Waals surface area contributed by atoms with Crippen LogP contribution in [0.4, 0.5) is 10.8 Å². The molecule has 8 nitrogen and oxygen atoms in total. The van der Waals surface area contributed by atoms with Crippen molar-refractivity contribution in [2.75, 3.05) is 10.6 Å². The molecule has 0 aliphatic carbocycles. The summed E-state index contributed by atoms with van der Waals surface area (Å²) in [5.41, 5.74) is 2.43. The Kier molecular flexibility index (Phi) is 5.87. The van der Waals surface area contributed by atoms with Crippen molar-refractivity contribution in [3.63, 3.8) is 0 Å². The molecule has 2 amide bonds. The molecule has 0 fully saturated rings. The zero-order valence-electron chi connectivity index (χ0n) is 15.0. The Bertz CT molecular complexity index is 981. The van der Waals surface area contributed by atoms with E-state index in [4.69, 9.17) is 0 Å². The Morgan fingerprint density at radius 3 is 2.70 bits per heavy atom. The molecule has 0 aliphatic heterocycles. The van der Waals surface area contributed by atoms with Gasteiger partial charge in [-0.1, -0.05) is 17.8 Å². The zero-order chi connectivity index (χ0) is 19.4. The molecule has 3 aromatic rings. The summed E-state index contributed by atoms with van der Waals surface area (Å²) in [4.78, 5) is 26.8. The molecular formula is C17H18N6O2S2. The van der Waals surface area contributed by atoms with Crippen LogP contribution < -0.4 is 10.6 Å². The van der Waals surface area contributed by atoms with E-state index in [-0.39, 0.29) is 11.8 Å². The summed E-state index contributed by atoms with van der Waals surface area (Å²) in [5, 5.41) is 17.1. The maximum atomic E-state index is 11.3. The number of thiazole rings is 1. The molecule has 1 aromatic carbocycles. The SMILES string of the molecule is CC(=O)Nc1cccc(-n2c(C)nnc2SCc2csc(NC(C)=O)n2)c1. The molecule has 3 rings (SSSR count). The fourth-order valence-electron chi connectivity index (χ4n) is 2.38. The number of rotatable bonds is 6. The van der Waals surface area contributed by atoms with Crippen molar-refractivity contribution in [1.29, 1.82) is 0 Å². The van der Waals surface area contributed by atoms with Gasteiger partial charge in [0.25, 0.3) is 0 Å². The lowest BCUT2D eigenvalue weighted by Crippen LogP contribution is -2.07. The maximum Gasteiger partial charge on any atom is 0.223 e. The lowest BCUT2D eigenvalue weighted by molar-refractivity contribution is -0.115. The summed E-state index contributed by atoms with van der Waals surface area (Å²) in [6.45, 7) is 4.80. The number of amides is 2.